The van der Waals surface area contributed by atoms with Gasteiger partial charge in [-0.1, -0.05) is 42.9 Å². The molecule has 2 rings (SSSR count). The van der Waals surface area contributed by atoms with E-state index in [0.717, 1.165) is 6.07 Å². The van der Waals surface area contributed by atoms with Crippen LogP contribution in [0.4, 0.5) is 10.5 Å². The summed E-state index contributed by atoms with van der Waals surface area (Å²) in [5.41, 5.74) is 0.951. The quantitative estimate of drug-likeness (QED) is 0.284. The van der Waals surface area contributed by atoms with Crippen LogP contribution in [0, 0.1) is 47.0 Å². The third kappa shape index (κ3) is 8.65. The number of imide groups is 1. The molecule has 1 heterocycles. The Balaban J connectivity index is 2.15. The van der Waals surface area contributed by atoms with E-state index in [9.17, 15) is 19.6 Å². The van der Waals surface area contributed by atoms with Gasteiger partial charge in [-0.3, -0.25) is 20.3 Å². The highest BCUT2D eigenvalue weighted by Crippen LogP contribution is 2.38. The summed E-state index contributed by atoms with van der Waals surface area (Å²) >= 11 is 12.5. The predicted molar refractivity (Wildman–Crippen MR) is 136 cm³/mol. The maximum atomic E-state index is 12.1. The standard InChI is InChI=1S/C24H16Cl2N6O5/c1-4-5-6-7-8-9-36-24(35)28-23(34)19(13-27)30-29-15-10-17(25)21(18(26)11-15)37-20-12-16(14(2)3)22(33)32-31-20/h10-12,14,29H,1-3H3,(H,32,33)(H,28,34,35)/b30-19-/i2D3. The molecule has 1 unspecified atom stereocenters. The minimum absolute atomic E-state index is 0.0817. The molecule has 2 aromatic rings. The number of carbonyl (C=O) groups is 2. The number of nitrogens with zero attached hydrogens (tertiary/aromatic N) is 3. The van der Waals surface area contributed by atoms with Crippen molar-refractivity contribution in [3.8, 4) is 53.4 Å². The largest absolute Gasteiger partial charge is 0.434 e. The Kier molecular flexibility index (Phi) is 8.89. The number of hydrogen-bond acceptors (Lipinski definition) is 9. The summed E-state index contributed by atoms with van der Waals surface area (Å²) < 4.78 is 32.6. The van der Waals surface area contributed by atoms with Crippen molar-refractivity contribution in [3.05, 3.63) is 44.2 Å². The van der Waals surface area contributed by atoms with E-state index in [0.29, 0.717) is 0 Å². The Morgan fingerprint density at radius 2 is 1.92 bits per heavy atom. The third-order valence-corrected chi connectivity index (χ3v) is 4.38. The van der Waals surface area contributed by atoms with Crippen LogP contribution in [-0.2, 0) is 9.53 Å². The zero-order valence-corrected chi connectivity index (χ0v) is 20.5. The Labute approximate surface area is 225 Å². The fourth-order valence-corrected chi connectivity index (χ4v) is 2.81. The molecule has 1 aromatic heterocycles. The molecule has 186 valence electrons. The summed E-state index contributed by atoms with van der Waals surface area (Å²) in [6.07, 6.45) is 0.661. The van der Waals surface area contributed by atoms with Crippen LogP contribution in [0.5, 0.6) is 11.6 Å². The highest BCUT2D eigenvalue weighted by atomic mass is 35.5. The van der Waals surface area contributed by atoms with Crippen LogP contribution in [0.1, 0.15) is 36.3 Å². The fraction of sp³-hybridized carbons (Fsp3) is 0.167. The Bertz CT molecular complexity index is 1620. The van der Waals surface area contributed by atoms with E-state index in [4.69, 9.17) is 32.1 Å². The van der Waals surface area contributed by atoms with Crippen LogP contribution in [0.15, 0.2) is 28.1 Å². The minimum Gasteiger partial charge on any atom is -0.434 e. The SMILES string of the molecule is [2H]C([2H])([2H])C(C)c1cc(Oc2c(Cl)cc(N/N=C(/C#N)C(=O)NC(=O)OC#CC#CC#CC)cc2Cl)n[nH]c1=O. The first kappa shape index (κ1) is 23.8. The lowest BCUT2D eigenvalue weighted by Crippen LogP contribution is -2.35. The van der Waals surface area contributed by atoms with Crippen molar-refractivity contribution in [3.63, 3.8) is 0 Å². The molecule has 13 heteroatoms. The van der Waals surface area contributed by atoms with E-state index in [-0.39, 0.29) is 32.9 Å². The molecule has 1 atom stereocenters. The maximum absolute atomic E-state index is 12.1. The minimum atomic E-state index is -2.44. The zero-order chi connectivity index (χ0) is 29.9. The summed E-state index contributed by atoms with van der Waals surface area (Å²) in [5, 5.41) is 20.3. The van der Waals surface area contributed by atoms with Crippen molar-refractivity contribution in [2.75, 3.05) is 5.43 Å². The van der Waals surface area contributed by atoms with Gasteiger partial charge in [-0.2, -0.15) is 10.4 Å². The number of H-pyrrole nitrogens is 1. The zero-order valence-electron chi connectivity index (χ0n) is 21.9. The molecule has 0 spiro atoms. The number of amides is 2. The molecule has 0 saturated heterocycles. The van der Waals surface area contributed by atoms with Gasteiger partial charge in [0, 0.05) is 27.6 Å². The molecule has 0 bridgehead atoms. The Hall–Kier alpha value is -4.94. The van der Waals surface area contributed by atoms with Crippen molar-refractivity contribution >= 4 is 46.6 Å². The number of hydrogen-bond donors (Lipinski definition) is 3. The molecule has 0 aliphatic carbocycles. The fourth-order valence-electron chi connectivity index (χ4n) is 2.25. The molecule has 2 amide bonds. The van der Waals surface area contributed by atoms with E-state index < -0.39 is 36.0 Å². The number of ether oxygens (including phenoxy) is 2. The van der Waals surface area contributed by atoms with Gasteiger partial charge in [0.2, 0.25) is 11.6 Å². The van der Waals surface area contributed by atoms with E-state index >= 15 is 0 Å². The Morgan fingerprint density at radius 1 is 1.22 bits per heavy atom. The van der Waals surface area contributed by atoms with Crippen LogP contribution in [-0.4, -0.2) is 27.9 Å². The van der Waals surface area contributed by atoms with E-state index in [1.807, 2.05) is 6.11 Å². The monoisotopic (exact) mass is 541 g/mol. The number of nitrogens with one attached hydrogen (secondary N) is 3. The van der Waals surface area contributed by atoms with Gasteiger partial charge in [0.25, 0.3) is 11.5 Å². The second-order valence-corrected chi connectivity index (χ2v) is 7.28. The molecular formula is C24H16Cl2N6O5. The van der Waals surface area contributed by atoms with Gasteiger partial charge in [0.15, 0.2) is 5.75 Å². The molecule has 0 aliphatic rings. The van der Waals surface area contributed by atoms with Gasteiger partial charge in [0.1, 0.15) is 12.2 Å². The number of halogens is 2. The van der Waals surface area contributed by atoms with Crippen LogP contribution < -0.4 is 21.0 Å². The van der Waals surface area contributed by atoms with Crippen LogP contribution in [0.25, 0.3) is 0 Å². The molecule has 0 fully saturated rings. The van der Waals surface area contributed by atoms with Gasteiger partial charge >= 0.3 is 6.09 Å². The van der Waals surface area contributed by atoms with E-state index in [2.05, 4.69) is 55.1 Å². The molecule has 0 radical (unpaired) electrons. The van der Waals surface area contributed by atoms with E-state index in [1.54, 1.807) is 12.2 Å². The molecule has 3 N–H and O–H groups in total. The first-order valence-electron chi connectivity index (χ1n) is 11.3. The van der Waals surface area contributed by atoms with Gasteiger partial charge in [0.05, 0.1) is 15.7 Å². The predicted octanol–water partition coefficient (Wildman–Crippen LogP) is 3.52. The van der Waals surface area contributed by atoms with Crippen molar-refractivity contribution < 1.29 is 23.2 Å². The molecular weight excluding hydrogens is 523 g/mol. The average molecular weight is 542 g/mol. The van der Waals surface area contributed by atoms with Crippen molar-refractivity contribution in [2.45, 2.75) is 26.6 Å². The number of aromatic nitrogens is 2. The lowest BCUT2D eigenvalue weighted by atomic mass is 10.1. The summed E-state index contributed by atoms with van der Waals surface area (Å²) in [4.78, 5) is 35.8. The number of aromatic amines is 1. The van der Waals surface area contributed by atoms with Gasteiger partial charge in [-0.15, -0.1) is 5.10 Å². The number of nitriles is 1. The molecule has 0 aliphatic heterocycles. The lowest BCUT2D eigenvalue weighted by molar-refractivity contribution is -0.114. The smallest absolute Gasteiger partial charge is 0.428 e. The Morgan fingerprint density at radius 3 is 2.57 bits per heavy atom. The second-order valence-electron chi connectivity index (χ2n) is 6.46. The number of benzene rings is 1. The summed E-state index contributed by atoms with van der Waals surface area (Å²) in [6, 6.07) is 5.19. The number of hydrazone groups is 1. The molecule has 37 heavy (non-hydrogen) atoms. The van der Waals surface area contributed by atoms with Crippen molar-refractivity contribution in [1.29, 1.82) is 5.26 Å². The average Bonchev–Trinajstić information content (AvgIpc) is 2.88. The first-order valence-corrected chi connectivity index (χ1v) is 10.6. The number of alkyl carbamates (subject to hydrolysis) is 1. The van der Waals surface area contributed by atoms with Crippen molar-refractivity contribution in [1.82, 2.24) is 15.5 Å². The number of rotatable bonds is 6. The summed E-state index contributed by atoms with van der Waals surface area (Å²) in [7, 11) is 0. The van der Waals surface area contributed by atoms with E-state index in [1.165, 1.54) is 25.1 Å². The maximum Gasteiger partial charge on any atom is 0.428 e. The molecule has 1 aromatic carbocycles. The third-order valence-electron chi connectivity index (χ3n) is 3.82. The normalized spacial score (nSPS) is 12.1. The topological polar surface area (TPSA) is 159 Å². The first-order chi connectivity index (χ1) is 18.9. The number of carbonyl (C=O) groups excluding carboxylic acids is 2. The lowest BCUT2D eigenvalue weighted by Gasteiger charge is -2.12. The summed E-state index contributed by atoms with van der Waals surface area (Å²) in [6.45, 7) is 0.488. The number of anilines is 1. The van der Waals surface area contributed by atoms with Crippen LogP contribution >= 0.6 is 23.2 Å². The highest BCUT2D eigenvalue weighted by molar-refractivity contribution is 6.47. The van der Waals surface area contributed by atoms with Crippen LogP contribution in [0.2, 0.25) is 10.0 Å². The summed E-state index contributed by atoms with van der Waals surface area (Å²) in [5.74, 6) is 9.12. The van der Waals surface area contributed by atoms with Gasteiger partial charge in [-0.05, 0) is 36.8 Å². The van der Waals surface area contributed by atoms with Crippen molar-refractivity contribution in [2.24, 2.45) is 5.10 Å². The molecule has 11 nitrogen and oxygen atoms in total. The van der Waals surface area contributed by atoms with Gasteiger partial charge < -0.3 is 9.47 Å². The second kappa shape index (κ2) is 13.8. The van der Waals surface area contributed by atoms with Gasteiger partial charge in [-0.25, -0.2) is 9.89 Å². The molecule has 0 saturated carbocycles. The van der Waals surface area contributed by atoms with Crippen LogP contribution in [0.3, 0.4) is 0 Å². The highest BCUT2D eigenvalue weighted by Gasteiger charge is 2.17.